The van der Waals surface area contributed by atoms with E-state index in [1.807, 2.05) is 6.26 Å². The molecular formula is C25H25Cl2N3O5S3. The van der Waals surface area contributed by atoms with Crippen molar-refractivity contribution in [2.24, 2.45) is 5.92 Å². The summed E-state index contributed by atoms with van der Waals surface area (Å²) in [6.45, 7) is 0.474. The summed E-state index contributed by atoms with van der Waals surface area (Å²) in [6, 6.07) is 16.9. The molecule has 1 aliphatic rings. The average molecular weight is 615 g/mol. The molecule has 13 heteroatoms. The highest BCUT2D eigenvalue weighted by molar-refractivity contribution is 7.98. The van der Waals surface area contributed by atoms with E-state index in [2.05, 4.69) is 10.0 Å². The fourth-order valence-corrected chi connectivity index (χ4v) is 7.49. The Kier molecular flexibility index (Phi) is 8.96. The largest absolute Gasteiger partial charge is 0.326 e. The molecule has 3 aromatic carbocycles. The van der Waals surface area contributed by atoms with Crippen LogP contribution in [0.4, 0.5) is 11.4 Å². The SMILES string of the molecule is CSc1ccc(S(=O)(=O)N2CCC(C(=O)Nc3ccc(S(=O)(=O)Nc4cc(Cl)cc(Cl)c4)cc3)CC2)cc1. The molecule has 0 unspecified atom stereocenters. The second-order valence-electron chi connectivity index (χ2n) is 8.63. The normalized spacial score (nSPS) is 15.2. The van der Waals surface area contributed by atoms with Gasteiger partial charge >= 0.3 is 0 Å². The molecule has 3 aromatic rings. The predicted octanol–water partition coefficient (Wildman–Crippen LogP) is 5.56. The number of carbonyl (C=O) groups is 1. The summed E-state index contributed by atoms with van der Waals surface area (Å²) in [6.07, 6.45) is 2.69. The number of halogens is 2. The van der Waals surface area contributed by atoms with Gasteiger partial charge in [0.25, 0.3) is 10.0 Å². The lowest BCUT2D eigenvalue weighted by atomic mass is 9.97. The van der Waals surface area contributed by atoms with E-state index in [4.69, 9.17) is 23.2 Å². The molecule has 8 nitrogen and oxygen atoms in total. The van der Waals surface area contributed by atoms with Gasteiger partial charge in [-0.15, -0.1) is 11.8 Å². The maximum absolute atomic E-state index is 13.0. The summed E-state index contributed by atoms with van der Waals surface area (Å²) < 4.78 is 55.2. The van der Waals surface area contributed by atoms with Gasteiger partial charge in [0.2, 0.25) is 15.9 Å². The maximum atomic E-state index is 13.0. The van der Waals surface area contributed by atoms with E-state index in [0.29, 0.717) is 28.6 Å². The molecule has 0 atom stereocenters. The van der Waals surface area contributed by atoms with Gasteiger partial charge in [-0.25, -0.2) is 16.8 Å². The van der Waals surface area contributed by atoms with Gasteiger partial charge in [-0.3, -0.25) is 9.52 Å². The van der Waals surface area contributed by atoms with Crippen LogP contribution in [0.15, 0.2) is 81.4 Å². The van der Waals surface area contributed by atoms with Crippen LogP contribution in [-0.4, -0.2) is 46.4 Å². The molecule has 0 aromatic heterocycles. The Hall–Kier alpha value is -2.28. The Bertz CT molecular complexity index is 1500. The second-order valence-corrected chi connectivity index (χ2v) is 14.0. The van der Waals surface area contributed by atoms with E-state index < -0.39 is 20.0 Å². The Balaban J connectivity index is 1.34. The molecule has 0 saturated carbocycles. The molecule has 1 heterocycles. The lowest BCUT2D eigenvalue weighted by Gasteiger charge is -2.30. The first-order valence-corrected chi connectivity index (χ1v) is 16.4. The number of piperidine rings is 1. The zero-order valence-electron chi connectivity index (χ0n) is 20.2. The number of rotatable bonds is 8. The summed E-state index contributed by atoms with van der Waals surface area (Å²) in [4.78, 5) is 14.0. The van der Waals surface area contributed by atoms with Gasteiger partial charge in [0.15, 0.2) is 0 Å². The maximum Gasteiger partial charge on any atom is 0.261 e. The number of amides is 1. The van der Waals surface area contributed by atoms with Crippen LogP contribution in [0.5, 0.6) is 0 Å². The van der Waals surface area contributed by atoms with Gasteiger partial charge in [-0.1, -0.05) is 23.2 Å². The first kappa shape index (κ1) is 28.7. The standard InChI is InChI=1S/C25H25Cl2N3O5S3/c1-36-22-4-8-24(9-5-22)38(34,35)30-12-10-17(11-13-30)25(31)28-20-2-6-23(7-3-20)37(32,33)29-21-15-18(26)14-19(27)16-21/h2-9,14-17,29H,10-13H2,1H3,(H,28,31). The Morgan fingerprint density at radius 3 is 1.95 bits per heavy atom. The summed E-state index contributed by atoms with van der Waals surface area (Å²) in [5.41, 5.74) is 0.661. The van der Waals surface area contributed by atoms with E-state index in [1.54, 1.807) is 24.3 Å². The van der Waals surface area contributed by atoms with Crippen LogP contribution in [0.25, 0.3) is 0 Å². The monoisotopic (exact) mass is 613 g/mol. The van der Waals surface area contributed by atoms with Crippen LogP contribution in [0.3, 0.4) is 0 Å². The molecule has 1 amide bonds. The van der Waals surface area contributed by atoms with E-state index in [1.165, 1.54) is 58.5 Å². The van der Waals surface area contributed by atoms with E-state index >= 15 is 0 Å². The number of hydrogen-bond acceptors (Lipinski definition) is 6. The molecule has 1 fully saturated rings. The van der Waals surface area contributed by atoms with E-state index in [-0.39, 0.29) is 40.4 Å². The lowest BCUT2D eigenvalue weighted by Crippen LogP contribution is -2.41. The average Bonchev–Trinajstić information content (AvgIpc) is 2.88. The molecule has 0 bridgehead atoms. The van der Waals surface area contributed by atoms with Crippen molar-refractivity contribution in [1.82, 2.24) is 4.31 Å². The third-order valence-corrected chi connectivity index (χ3v) is 10.6. The number of nitrogens with one attached hydrogen (secondary N) is 2. The van der Waals surface area contributed by atoms with Crippen molar-refractivity contribution in [3.63, 3.8) is 0 Å². The third kappa shape index (κ3) is 6.83. The van der Waals surface area contributed by atoms with Crippen molar-refractivity contribution >= 4 is 72.3 Å². The Morgan fingerprint density at radius 2 is 1.39 bits per heavy atom. The Labute approximate surface area is 236 Å². The summed E-state index contributed by atoms with van der Waals surface area (Å²) in [5.74, 6) is -0.605. The van der Waals surface area contributed by atoms with E-state index in [9.17, 15) is 21.6 Å². The fraction of sp³-hybridized carbons (Fsp3) is 0.240. The van der Waals surface area contributed by atoms with Gasteiger partial charge in [-0.2, -0.15) is 4.31 Å². The van der Waals surface area contributed by atoms with Crippen LogP contribution < -0.4 is 10.0 Å². The van der Waals surface area contributed by atoms with Crippen molar-refractivity contribution in [2.75, 3.05) is 29.4 Å². The molecule has 2 N–H and O–H groups in total. The molecular weight excluding hydrogens is 589 g/mol. The van der Waals surface area contributed by atoms with Crippen LogP contribution in [-0.2, 0) is 24.8 Å². The van der Waals surface area contributed by atoms with Crippen LogP contribution in [0.1, 0.15) is 12.8 Å². The number of carbonyl (C=O) groups excluding carboxylic acids is 1. The van der Waals surface area contributed by atoms with Crippen molar-refractivity contribution in [3.8, 4) is 0 Å². The molecule has 0 radical (unpaired) electrons. The molecule has 38 heavy (non-hydrogen) atoms. The van der Waals surface area contributed by atoms with Crippen molar-refractivity contribution in [2.45, 2.75) is 27.5 Å². The third-order valence-electron chi connectivity index (χ3n) is 6.07. The van der Waals surface area contributed by atoms with E-state index in [0.717, 1.165) is 4.90 Å². The summed E-state index contributed by atoms with van der Waals surface area (Å²) in [7, 11) is -7.53. The highest BCUT2D eigenvalue weighted by Crippen LogP contribution is 2.28. The first-order chi connectivity index (χ1) is 18.0. The molecule has 0 aliphatic carbocycles. The van der Waals surface area contributed by atoms with Gasteiger partial charge in [0.1, 0.15) is 0 Å². The van der Waals surface area contributed by atoms with Crippen molar-refractivity contribution in [1.29, 1.82) is 0 Å². The van der Waals surface area contributed by atoms with Crippen molar-refractivity contribution < 1.29 is 21.6 Å². The number of sulfonamides is 2. The minimum Gasteiger partial charge on any atom is -0.326 e. The fourth-order valence-electron chi connectivity index (χ4n) is 4.04. The minimum atomic E-state index is -3.90. The Morgan fingerprint density at radius 1 is 0.842 bits per heavy atom. The highest BCUT2D eigenvalue weighted by Gasteiger charge is 2.32. The number of thioether (sulfide) groups is 1. The molecule has 1 aliphatic heterocycles. The molecule has 4 rings (SSSR count). The van der Waals surface area contributed by atoms with Crippen LogP contribution >= 0.6 is 35.0 Å². The zero-order chi connectivity index (χ0) is 27.5. The highest BCUT2D eigenvalue weighted by atomic mass is 35.5. The number of benzene rings is 3. The van der Waals surface area contributed by atoms with Gasteiger partial charge in [0.05, 0.1) is 15.5 Å². The second kappa shape index (κ2) is 11.8. The van der Waals surface area contributed by atoms with Crippen LogP contribution in [0.2, 0.25) is 10.0 Å². The smallest absolute Gasteiger partial charge is 0.261 e. The summed E-state index contributed by atoms with van der Waals surface area (Å²) in [5, 5.41) is 3.38. The minimum absolute atomic E-state index is 0.00400. The lowest BCUT2D eigenvalue weighted by molar-refractivity contribution is -0.120. The molecule has 202 valence electrons. The quantitative estimate of drug-likeness (QED) is 0.322. The van der Waals surface area contributed by atoms with Crippen LogP contribution in [0, 0.1) is 5.92 Å². The number of nitrogens with zero attached hydrogens (tertiary/aromatic N) is 1. The van der Waals surface area contributed by atoms with Crippen molar-refractivity contribution in [3.05, 3.63) is 76.8 Å². The number of hydrogen-bond donors (Lipinski definition) is 2. The zero-order valence-corrected chi connectivity index (χ0v) is 24.2. The molecule has 0 spiro atoms. The van der Waals surface area contributed by atoms with Gasteiger partial charge < -0.3 is 5.32 Å². The van der Waals surface area contributed by atoms with Gasteiger partial charge in [0, 0.05) is 39.6 Å². The first-order valence-electron chi connectivity index (χ1n) is 11.5. The summed E-state index contributed by atoms with van der Waals surface area (Å²) >= 11 is 13.4. The topological polar surface area (TPSA) is 113 Å². The van der Waals surface area contributed by atoms with Gasteiger partial charge in [-0.05, 0) is 85.8 Å². The molecule has 1 saturated heterocycles. The predicted molar refractivity (Wildman–Crippen MR) is 152 cm³/mol. The number of anilines is 2.